The third kappa shape index (κ3) is 1.88. The molecular weight excluding hydrogens is 258 g/mol. The van der Waals surface area contributed by atoms with E-state index in [4.69, 9.17) is 0 Å². The zero-order valence-electron chi connectivity index (χ0n) is 12.4. The van der Waals surface area contributed by atoms with Gasteiger partial charge in [0.15, 0.2) is 0 Å². The summed E-state index contributed by atoms with van der Waals surface area (Å²) >= 11 is 0. The second-order valence-electron chi connectivity index (χ2n) is 6.10. The quantitative estimate of drug-likeness (QED) is 0.699. The topological polar surface area (TPSA) is 28.0 Å². The molecule has 0 saturated carbocycles. The zero-order chi connectivity index (χ0) is 14.4. The third-order valence-corrected chi connectivity index (χ3v) is 4.76. The molecule has 2 aromatic rings. The lowest BCUT2D eigenvalue weighted by Gasteiger charge is -2.31. The first-order chi connectivity index (χ1) is 10.3. The highest BCUT2D eigenvalue weighted by Gasteiger charge is 2.37. The Balaban J connectivity index is 1.94. The molecular formula is C18H19N3. The Kier molecular flexibility index (Phi) is 2.81. The van der Waals surface area contributed by atoms with Crippen LogP contribution in [0.5, 0.6) is 0 Å². The SMILES string of the molecule is CC1Cc2ccccc2C2C(N=NN2C)c2ccccc21. The second kappa shape index (κ2) is 4.69. The van der Waals surface area contributed by atoms with Crippen LogP contribution in [0.2, 0.25) is 0 Å². The fraction of sp³-hybridized carbons (Fsp3) is 0.333. The van der Waals surface area contributed by atoms with Crippen molar-refractivity contribution in [3.63, 3.8) is 0 Å². The lowest BCUT2D eigenvalue weighted by atomic mass is 9.79. The summed E-state index contributed by atoms with van der Waals surface area (Å²) in [5.74, 6) is 0.504. The van der Waals surface area contributed by atoms with Gasteiger partial charge in [-0.2, -0.15) is 5.11 Å². The Morgan fingerprint density at radius 1 is 0.952 bits per heavy atom. The van der Waals surface area contributed by atoms with E-state index in [-0.39, 0.29) is 12.1 Å². The summed E-state index contributed by atoms with van der Waals surface area (Å²) in [6.45, 7) is 2.31. The van der Waals surface area contributed by atoms with Gasteiger partial charge >= 0.3 is 0 Å². The summed E-state index contributed by atoms with van der Waals surface area (Å²) < 4.78 is 0. The van der Waals surface area contributed by atoms with Gasteiger partial charge in [0.2, 0.25) is 0 Å². The van der Waals surface area contributed by atoms with Crippen molar-refractivity contribution in [3.05, 3.63) is 70.8 Å². The summed E-state index contributed by atoms with van der Waals surface area (Å²) in [7, 11) is 2.03. The maximum atomic E-state index is 4.57. The zero-order valence-corrected chi connectivity index (χ0v) is 12.4. The minimum Gasteiger partial charge on any atom is -0.272 e. The number of benzene rings is 2. The molecule has 3 atom stereocenters. The Hall–Kier alpha value is -2.16. The first-order valence-electron chi connectivity index (χ1n) is 7.56. The average molecular weight is 277 g/mol. The number of nitrogens with zero attached hydrogens (tertiary/aromatic N) is 3. The van der Waals surface area contributed by atoms with Gasteiger partial charge < -0.3 is 0 Å². The lowest BCUT2D eigenvalue weighted by Crippen LogP contribution is -2.24. The predicted molar refractivity (Wildman–Crippen MR) is 83.1 cm³/mol. The van der Waals surface area contributed by atoms with Gasteiger partial charge in [-0.15, -0.1) is 0 Å². The van der Waals surface area contributed by atoms with Crippen LogP contribution in [0.15, 0.2) is 58.9 Å². The summed E-state index contributed by atoms with van der Waals surface area (Å²) in [5.41, 5.74) is 5.54. The van der Waals surface area contributed by atoms with Gasteiger partial charge in [-0.1, -0.05) is 60.7 Å². The monoisotopic (exact) mass is 277 g/mol. The molecule has 106 valence electrons. The fourth-order valence-corrected chi connectivity index (χ4v) is 3.74. The van der Waals surface area contributed by atoms with Crippen LogP contribution in [0.3, 0.4) is 0 Å². The van der Waals surface area contributed by atoms with E-state index >= 15 is 0 Å². The lowest BCUT2D eigenvalue weighted by molar-refractivity contribution is 0.271. The maximum Gasteiger partial charge on any atom is 0.124 e. The molecule has 0 fully saturated rings. The normalized spacial score (nSPS) is 26.6. The molecule has 3 nitrogen and oxygen atoms in total. The van der Waals surface area contributed by atoms with Crippen LogP contribution in [-0.4, -0.2) is 12.1 Å². The highest BCUT2D eigenvalue weighted by atomic mass is 15.6. The standard InChI is InChI=1S/C18H19N3/c1-12-11-13-7-3-4-9-15(13)18-17(19-20-21(18)2)16-10-6-5-8-14(12)16/h3-10,12,17-18H,11H2,1-2H3. The van der Waals surface area contributed by atoms with Crippen LogP contribution in [-0.2, 0) is 6.42 Å². The van der Waals surface area contributed by atoms with Crippen LogP contribution in [0.1, 0.15) is 47.2 Å². The van der Waals surface area contributed by atoms with Crippen molar-refractivity contribution in [2.24, 2.45) is 10.3 Å². The Labute approximate surface area is 125 Å². The summed E-state index contributed by atoms with van der Waals surface area (Å²) in [6.07, 6.45) is 1.07. The van der Waals surface area contributed by atoms with E-state index in [1.54, 1.807) is 0 Å². The molecule has 0 saturated heterocycles. The first kappa shape index (κ1) is 12.6. The Morgan fingerprint density at radius 2 is 1.62 bits per heavy atom. The molecule has 21 heavy (non-hydrogen) atoms. The van der Waals surface area contributed by atoms with E-state index in [1.165, 1.54) is 22.3 Å². The van der Waals surface area contributed by atoms with Gasteiger partial charge in [0, 0.05) is 7.05 Å². The largest absolute Gasteiger partial charge is 0.272 e. The molecule has 3 unspecified atom stereocenters. The number of hydrogen-bond acceptors (Lipinski definition) is 3. The van der Waals surface area contributed by atoms with Gasteiger partial charge in [-0.3, -0.25) is 5.01 Å². The first-order valence-corrected chi connectivity index (χ1v) is 7.56. The van der Waals surface area contributed by atoms with E-state index in [9.17, 15) is 0 Å². The highest BCUT2D eigenvalue weighted by Crippen LogP contribution is 2.46. The maximum absolute atomic E-state index is 4.57. The number of hydrogen-bond donors (Lipinski definition) is 0. The minimum atomic E-state index is 0.107. The molecule has 0 spiro atoms. The molecule has 1 aliphatic heterocycles. The van der Waals surface area contributed by atoms with Gasteiger partial charge in [-0.25, -0.2) is 0 Å². The van der Waals surface area contributed by atoms with E-state index in [0.29, 0.717) is 5.92 Å². The fourth-order valence-electron chi connectivity index (χ4n) is 3.74. The van der Waals surface area contributed by atoms with E-state index in [1.807, 2.05) is 12.1 Å². The van der Waals surface area contributed by atoms with E-state index < -0.39 is 0 Å². The predicted octanol–water partition coefficient (Wildman–Crippen LogP) is 4.44. The number of fused-ring (bicyclic) bond motifs is 5. The molecule has 0 aromatic heterocycles. The highest BCUT2D eigenvalue weighted by molar-refractivity contribution is 5.42. The molecule has 0 amide bonds. The molecule has 0 N–H and O–H groups in total. The van der Waals surface area contributed by atoms with Gasteiger partial charge in [0.1, 0.15) is 12.1 Å². The van der Waals surface area contributed by atoms with Crippen molar-refractivity contribution < 1.29 is 0 Å². The molecule has 0 radical (unpaired) electrons. The minimum absolute atomic E-state index is 0.107. The van der Waals surface area contributed by atoms with Crippen molar-refractivity contribution in [2.45, 2.75) is 31.3 Å². The van der Waals surface area contributed by atoms with Gasteiger partial charge in [0.25, 0.3) is 0 Å². The number of rotatable bonds is 0. The molecule has 1 heterocycles. The molecule has 2 aliphatic rings. The van der Waals surface area contributed by atoms with Crippen LogP contribution in [0.4, 0.5) is 0 Å². The van der Waals surface area contributed by atoms with Crippen LogP contribution in [0, 0.1) is 0 Å². The number of likely N-dealkylation sites (N-methyl/N-ethyl adjacent to an activating group) is 1. The van der Waals surface area contributed by atoms with Gasteiger partial charge in [-0.05, 0) is 34.6 Å². The van der Waals surface area contributed by atoms with Crippen molar-refractivity contribution >= 4 is 0 Å². The summed E-state index contributed by atoms with van der Waals surface area (Å²) in [6, 6.07) is 17.8. The Morgan fingerprint density at radius 3 is 2.43 bits per heavy atom. The molecule has 4 rings (SSSR count). The molecule has 3 heteroatoms. The van der Waals surface area contributed by atoms with Crippen molar-refractivity contribution in [1.82, 2.24) is 5.01 Å². The van der Waals surface area contributed by atoms with Crippen LogP contribution in [0.25, 0.3) is 0 Å². The Bertz CT molecular complexity index is 707. The molecule has 2 aromatic carbocycles. The van der Waals surface area contributed by atoms with E-state index in [0.717, 1.165) is 6.42 Å². The van der Waals surface area contributed by atoms with Crippen molar-refractivity contribution in [3.8, 4) is 0 Å². The molecule has 0 bridgehead atoms. The van der Waals surface area contributed by atoms with Gasteiger partial charge in [0.05, 0.1) is 0 Å². The van der Waals surface area contributed by atoms with Crippen LogP contribution < -0.4 is 0 Å². The average Bonchev–Trinajstić information content (AvgIpc) is 2.88. The third-order valence-electron chi connectivity index (χ3n) is 4.76. The molecule has 1 aliphatic carbocycles. The van der Waals surface area contributed by atoms with Crippen molar-refractivity contribution in [1.29, 1.82) is 0 Å². The summed E-state index contributed by atoms with van der Waals surface area (Å²) in [5, 5.41) is 10.9. The van der Waals surface area contributed by atoms with Crippen LogP contribution >= 0.6 is 0 Å². The smallest absolute Gasteiger partial charge is 0.124 e. The van der Waals surface area contributed by atoms with Crippen molar-refractivity contribution in [2.75, 3.05) is 7.05 Å². The summed E-state index contributed by atoms with van der Waals surface area (Å²) in [4.78, 5) is 0. The van der Waals surface area contributed by atoms with E-state index in [2.05, 4.69) is 65.8 Å². The second-order valence-corrected chi connectivity index (χ2v) is 6.10.